The van der Waals surface area contributed by atoms with Crippen LogP contribution in [0.2, 0.25) is 0 Å². The molecular formula is C18H16BrN3O2. The standard InChI is InChI=1S/C18H16BrN3O2/c1-11(15-4-3-5-16(19)10-15)20-17(23)13-6-8-14(9-7-13)18-21-12(2)22-24-18/h3-11H,1-2H3,(H,20,23). The molecule has 0 bridgehead atoms. The van der Waals surface area contributed by atoms with E-state index in [4.69, 9.17) is 4.52 Å². The van der Waals surface area contributed by atoms with E-state index in [9.17, 15) is 4.79 Å². The Hall–Kier alpha value is -2.47. The Morgan fingerprint density at radius 1 is 1.21 bits per heavy atom. The molecule has 1 amide bonds. The Morgan fingerprint density at radius 2 is 1.96 bits per heavy atom. The van der Waals surface area contributed by atoms with Crippen molar-refractivity contribution < 1.29 is 9.32 Å². The molecule has 0 aliphatic rings. The number of halogens is 1. The number of carbonyl (C=O) groups is 1. The lowest BCUT2D eigenvalue weighted by Gasteiger charge is -2.14. The zero-order valence-corrected chi connectivity index (χ0v) is 14.9. The third-order valence-corrected chi connectivity index (χ3v) is 4.11. The SMILES string of the molecule is Cc1noc(-c2ccc(C(=O)NC(C)c3cccc(Br)c3)cc2)n1. The molecule has 3 aromatic rings. The van der Waals surface area contributed by atoms with Gasteiger partial charge in [0, 0.05) is 15.6 Å². The van der Waals surface area contributed by atoms with Crippen molar-refractivity contribution in [1.82, 2.24) is 15.5 Å². The fourth-order valence-corrected chi connectivity index (χ4v) is 2.73. The second-order valence-corrected chi connectivity index (χ2v) is 6.39. The number of amides is 1. The zero-order valence-electron chi connectivity index (χ0n) is 13.3. The third kappa shape index (κ3) is 3.71. The molecule has 0 radical (unpaired) electrons. The second kappa shape index (κ2) is 6.97. The van der Waals surface area contributed by atoms with Gasteiger partial charge < -0.3 is 9.84 Å². The van der Waals surface area contributed by atoms with Crippen molar-refractivity contribution in [2.75, 3.05) is 0 Å². The smallest absolute Gasteiger partial charge is 0.257 e. The van der Waals surface area contributed by atoms with Gasteiger partial charge in [0.15, 0.2) is 5.82 Å². The van der Waals surface area contributed by atoms with E-state index in [0.717, 1.165) is 15.6 Å². The summed E-state index contributed by atoms with van der Waals surface area (Å²) in [6.45, 7) is 3.72. The highest BCUT2D eigenvalue weighted by Crippen LogP contribution is 2.20. The molecule has 0 aliphatic carbocycles. The molecule has 1 aromatic heterocycles. The highest BCUT2D eigenvalue weighted by molar-refractivity contribution is 9.10. The van der Waals surface area contributed by atoms with Crippen LogP contribution < -0.4 is 5.32 Å². The van der Waals surface area contributed by atoms with Crippen LogP contribution in [-0.4, -0.2) is 16.0 Å². The number of aromatic nitrogens is 2. The van der Waals surface area contributed by atoms with Crippen LogP contribution in [0.25, 0.3) is 11.5 Å². The van der Waals surface area contributed by atoms with Crippen LogP contribution in [0.15, 0.2) is 57.5 Å². The number of aryl methyl sites for hydroxylation is 1. The lowest BCUT2D eigenvalue weighted by molar-refractivity contribution is 0.0940. The summed E-state index contributed by atoms with van der Waals surface area (Å²) in [6.07, 6.45) is 0. The summed E-state index contributed by atoms with van der Waals surface area (Å²) < 4.78 is 6.10. The Bertz CT molecular complexity index is 859. The van der Waals surface area contributed by atoms with Crippen LogP contribution in [0.5, 0.6) is 0 Å². The third-order valence-electron chi connectivity index (χ3n) is 3.62. The maximum atomic E-state index is 12.4. The molecule has 5 nitrogen and oxygen atoms in total. The van der Waals surface area contributed by atoms with Crippen molar-refractivity contribution in [2.24, 2.45) is 0 Å². The van der Waals surface area contributed by atoms with Gasteiger partial charge in [-0.1, -0.05) is 33.2 Å². The highest BCUT2D eigenvalue weighted by atomic mass is 79.9. The predicted molar refractivity (Wildman–Crippen MR) is 94.5 cm³/mol. The van der Waals surface area contributed by atoms with Gasteiger partial charge in [-0.05, 0) is 55.8 Å². The van der Waals surface area contributed by atoms with Gasteiger partial charge in [0.25, 0.3) is 11.8 Å². The zero-order chi connectivity index (χ0) is 17.1. The number of benzene rings is 2. The van der Waals surface area contributed by atoms with E-state index >= 15 is 0 Å². The molecule has 0 spiro atoms. The molecule has 122 valence electrons. The average molecular weight is 386 g/mol. The normalized spacial score (nSPS) is 12.0. The van der Waals surface area contributed by atoms with Crippen LogP contribution >= 0.6 is 15.9 Å². The summed E-state index contributed by atoms with van der Waals surface area (Å²) in [6, 6.07) is 14.9. The molecule has 24 heavy (non-hydrogen) atoms. The minimum atomic E-state index is -0.129. The van der Waals surface area contributed by atoms with E-state index in [1.54, 1.807) is 31.2 Å². The van der Waals surface area contributed by atoms with Crippen molar-refractivity contribution in [3.63, 3.8) is 0 Å². The summed E-state index contributed by atoms with van der Waals surface area (Å²) in [5.74, 6) is 0.896. The average Bonchev–Trinajstić information content (AvgIpc) is 3.01. The van der Waals surface area contributed by atoms with E-state index in [2.05, 4.69) is 31.4 Å². The van der Waals surface area contributed by atoms with Gasteiger partial charge in [-0.2, -0.15) is 4.98 Å². The van der Waals surface area contributed by atoms with Crippen LogP contribution in [0.1, 0.15) is 34.7 Å². The van der Waals surface area contributed by atoms with Gasteiger partial charge in [0.1, 0.15) is 0 Å². The Labute approximate surface area is 148 Å². The first-order valence-electron chi connectivity index (χ1n) is 7.50. The lowest BCUT2D eigenvalue weighted by Crippen LogP contribution is -2.26. The fraction of sp³-hybridized carbons (Fsp3) is 0.167. The maximum absolute atomic E-state index is 12.4. The number of rotatable bonds is 4. The molecule has 1 heterocycles. The van der Waals surface area contributed by atoms with Crippen molar-refractivity contribution in [1.29, 1.82) is 0 Å². The molecule has 1 unspecified atom stereocenters. The molecule has 0 aliphatic heterocycles. The molecule has 1 atom stereocenters. The number of nitrogens with zero attached hydrogens (tertiary/aromatic N) is 2. The molecule has 6 heteroatoms. The van der Waals surface area contributed by atoms with Crippen LogP contribution in [0.4, 0.5) is 0 Å². The Morgan fingerprint density at radius 3 is 2.58 bits per heavy atom. The molecular weight excluding hydrogens is 370 g/mol. The molecule has 0 fully saturated rings. The van der Waals surface area contributed by atoms with Gasteiger partial charge >= 0.3 is 0 Å². The summed E-state index contributed by atoms with van der Waals surface area (Å²) >= 11 is 3.44. The van der Waals surface area contributed by atoms with E-state index in [0.29, 0.717) is 17.3 Å². The van der Waals surface area contributed by atoms with Crippen molar-refractivity contribution in [3.8, 4) is 11.5 Å². The predicted octanol–water partition coefficient (Wildman–Crippen LogP) is 4.30. The van der Waals surface area contributed by atoms with Gasteiger partial charge in [-0.3, -0.25) is 4.79 Å². The monoisotopic (exact) mass is 385 g/mol. The topological polar surface area (TPSA) is 68.0 Å². The molecule has 2 aromatic carbocycles. The first-order chi connectivity index (χ1) is 11.5. The molecule has 0 saturated heterocycles. The van der Waals surface area contributed by atoms with Gasteiger partial charge in [-0.25, -0.2) is 0 Å². The molecule has 1 N–H and O–H groups in total. The summed E-state index contributed by atoms with van der Waals surface area (Å²) in [4.78, 5) is 16.6. The second-order valence-electron chi connectivity index (χ2n) is 5.47. The molecule has 0 saturated carbocycles. The van der Waals surface area contributed by atoms with Gasteiger partial charge in [0.05, 0.1) is 6.04 Å². The van der Waals surface area contributed by atoms with Crippen molar-refractivity contribution in [3.05, 3.63) is 70.0 Å². The van der Waals surface area contributed by atoms with Crippen LogP contribution in [0, 0.1) is 6.92 Å². The fourth-order valence-electron chi connectivity index (χ4n) is 2.32. The van der Waals surface area contributed by atoms with Crippen molar-refractivity contribution in [2.45, 2.75) is 19.9 Å². The first-order valence-corrected chi connectivity index (χ1v) is 8.29. The van der Waals surface area contributed by atoms with E-state index in [1.807, 2.05) is 31.2 Å². The minimum Gasteiger partial charge on any atom is -0.346 e. The quantitative estimate of drug-likeness (QED) is 0.726. The summed E-state index contributed by atoms with van der Waals surface area (Å²) in [5, 5.41) is 6.75. The Balaban J connectivity index is 1.71. The van der Waals surface area contributed by atoms with Gasteiger partial charge in [0.2, 0.25) is 0 Å². The van der Waals surface area contributed by atoms with E-state index in [-0.39, 0.29) is 11.9 Å². The number of hydrogen-bond donors (Lipinski definition) is 1. The highest BCUT2D eigenvalue weighted by Gasteiger charge is 2.13. The largest absolute Gasteiger partial charge is 0.346 e. The van der Waals surface area contributed by atoms with Crippen molar-refractivity contribution >= 4 is 21.8 Å². The molecule has 3 rings (SSSR count). The summed E-state index contributed by atoms with van der Waals surface area (Å²) in [5.41, 5.74) is 2.40. The Kier molecular flexibility index (Phi) is 4.76. The van der Waals surface area contributed by atoms with Gasteiger partial charge in [-0.15, -0.1) is 0 Å². The number of carbonyl (C=O) groups excluding carboxylic acids is 1. The number of nitrogens with one attached hydrogen (secondary N) is 1. The van der Waals surface area contributed by atoms with E-state index in [1.165, 1.54) is 0 Å². The first kappa shape index (κ1) is 16.4. The van der Waals surface area contributed by atoms with Crippen LogP contribution in [-0.2, 0) is 0 Å². The van der Waals surface area contributed by atoms with Crippen LogP contribution in [0.3, 0.4) is 0 Å². The number of hydrogen-bond acceptors (Lipinski definition) is 4. The summed E-state index contributed by atoms with van der Waals surface area (Å²) in [7, 11) is 0. The lowest BCUT2D eigenvalue weighted by atomic mass is 10.1. The van der Waals surface area contributed by atoms with E-state index < -0.39 is 0 Å². The minimum absolute atomic E-state index is 0.0896. The maximum Gasteiger partial charge on any atom is 0.257 e.